The Morgan fingerprint density at radius 2 is 1.96 bits per heavy atom. The van der Waals surface area contributed by atoms with E-state index in [0.29, 0.717) is 5.75 Å². The normalized spacial score (nSPS) is 10.9. The molecule has 24 heavy (non-hydrogen) atoms. The third-order valence-corrected chi connectivity index (χ3v) is 4.79. The second-order valence-corrected chi connectivity index (χ2v) is 6.34. The Hall–Kier alpha value is -2.34. The van der Waals surface area contributed by atoms with Crippen molar-refractivity contribution in [2.45, 2.75) is 18.9 Å². The second kappa shape index (κ2) is 7.49. The van der Waals surface area contributed by atoms with Crippen LogP contribution >= 0.6 is 11.8 Å². The molecule has 0 unspecified atom stereocenters. The molecule has 6 heteroatoms. The van der Waals surface area contributed by atoms with Gasteiger partial charge in [0, 0.05) is 24.8 Å². The summed E-state index contributed by atoms with van der Waals surface area (Å²) in [5, 5.41) is 0.843. The Balaban J connectivity index is 1.68. The third-order valence-electron chi connectivity index (χ3n) is 3.86. The van der Waals surface area contributed by atoms with Crippen molar-refractivity contribution in [2.24, 2.45) is 0 Å². The van der Waals surface area contributed by atoms with Gasteiger partial charge in [-0.3, -0.25) is 4.79 Å². The van der Waals surface area contributed by atoms with Crippen LogP contribution < -0.4 is 0 Å². The van der Waals surface area contributed by atoms with Crippen molar-refractivity contribution in [1.29, 1.82) is 0 Å². The number of benzene rings is 1. The lowest BCUT2D eigenvalue weighted by Gasteiger charge is -2.17. The molecule has 1 aromatic carbocycles. The molecule has 0 aliphatic rings. The summed E-state index contributed by atoms with van der Waals surface area (Å²) in [5.74, 6) is 1.37. The maximum Gasteiger partial charge on any atom is 0.232 e. The molecule has 1 N–H and O–H groups in total. The minimum atomic E-state index is 0.146. The van der Waals surface area contributed by atoms with Gasteiger partial charge in [0.25, 0.3) is 0 Å². The van der Waals surface area contributed by atoms with Crippen LogP contribution in [0.2, 0.25) is 0 Å². The zero-order chi connectivity index (χ0) is 16.9. The van der Waals surface area contributed by atoms with Gasteiger partial charge >= 0.3 is 0 Å². The number of para-hydroxylation sites is 2. The standard InChI is InChI=1S/C18H20N4OS/c1-3-22(4-2)17(23)12-24-16-10-9-13(11-19-16)18-20-14-7-5-6-8-15(14)21-18/h5-11H,3-4,12H2,1-2H3,(H,20,21). The molecule has 0 saturated carbocycles. The van der Waals surface area contributed by atoms with Crippen molar-refractivity contribution in [3.05, 3.63) is 42.6 Å². The van der Waals surface area contributed by atoms with Gasteiger partial charge in [-0.25, -0.2) is 9.97 Å². The fraction of sp³-hybridized carbons (Fsp3) is 0.278. The van der Waals surface area contributed by atoms with Gasteiger partial charge in [0.1, 0.15) is 5.82 Å². The van der Waals surface area contributed by atoms with Crippen LogP contribution in [0.25, 0.3) is 22.4 Å². The van der Waals surface area contributed by atoms with Gasteiger partial charge in [0.2, 0.25) is 5.91 Å². The first-order chi connectivity index (χ1) is 11.7. The number of carbonyl (C=O) groups excluding carboxylic acids is 1. The first kappa shape index (κ1) is 16.5. The lowest BCUT2D eigenvalue weighted by molar-refractivity contribution is -0.127. The second-order valence-electron chi connectivity index (χ2n) is 5.34. The van der Waals surface area contributed by atoms with Gasteiger partial charge in [-0.1, -0.05) is 23.9 Å². The smallest absolute Gasteiger partial charge is 0.232 e. The summed E-state index contributed by atoms with van der Waals surface area (Å²) in [6.07, 6.45) is 1.79. The van der Waals surface area contributed by atoms with Crippen LogP contribution in [0.1, 0.15) is 13.8 Å². The summed E-state index contributed by atoms with van der Waals surface area (Å²) in [5.41, 5.74) is 2.89. The average Bonchev–Trinajstić information content (AvgIpc) is 3.05. The van der Waals surface area contributed by atoms with Crippen LogP contribution in [0.4, 0.5) is 0 Å². The highest BCUT2D eigenvalue weighted by molar-refractivity contribution is 7.99. The van der Waals surface area contributed by atoms with E-state index in [1.165, 1.54) is 11.8 Å². The number of rotatable bonds is 6. The van der Waals surface area contributed by atoms with E-state index in [1.807, 2.05) is 55.1 Å². The first-order valence-electron chi connectivity index (χ1n) is 8.03. The molecular weight excluding hydrogens is 320 g/mol. The number of H-pyrrole nitrogens is 1. The average molecular weight is 340 g/mol. The molecule has 1 amide bonds. The lowest BCUT2D eigenvalue weighted by Crippen LogP contribution is -2.31. The molecule has 5 nitrogen and oxygen atoms in total. The molecule has 0 saturated heterocycles. The van der Waals surface area contributed by atoms with E-state index < -0.39 is 0 Å². The number of aromatic nitrogens is 3. The number of fused-ring (bicyclic) bond motifs is 1. The number of imidazole rings is 1. The maximum atomic E-state index is 12.0. The van der Waals surface area contributed by atoms with Crippen molar-refractivity contribution in [3.63, 3.8) is 0 Å². The quantitative estimate of drug-likeness (QED) is 0.697. The van der Waals surface area contributed by atoms with Crippen LogP contribution in [0.5, 0.6) is 0 Å². The lowest BCUT2D eigenvalue weighted by atomic mass is 10.3. The van der Waals surface area contributed by atoms with Crippen molar-refractivity contribution in [1.82, 2.24) is 19.9 Å². The largest absolute Gasteiger partial charge is 0.343 e. The van der Waals surface area contributed by atoms with E-state index in [-0.39, 0.29) is 5.91 Å². The highest BCUT2D eigenvalue weighted by atomic mass is 32.2. The van der Waals surface area contributed by atoms with Crippen LogP contribution in [-0.4, -0.2) is 44.6 Å². The Morgan fingerprint density at radius 1 is 1.17 bits per heavy atom. The molecule has 0 fully saturated rings. The Labute approximate surface area is 145 Å². The number of amides is 1. The SMILES string of the molecule is CCN(CC)C(=O)CSc1ccc(-c2nc3ccccc3[nH]2)cn1. The van der Waals surface area contributed by atoms with E-state index in [0.717, 1.165) is 40.5 Å². The molecule has 0 atom stereocenters. The molecule has 0 spiro atoms. The molecule has 0 bridgehead atoms. The molecule has 0 aliphatic carbocycles. The number of hydrogen-bond donors (Lipinski definition) is 1. The van der Waals surface area contributed by atoms with Gasteiger partial charge in [0.15, 0.2) is 0 Å². The number of carbonyl (C=O) groups is 1. The fourth-order valence-corrected chi connectivity index (χ4v) is 3.24. The summed E-state index contributed by atoms with van der Waals surface area (Å²) >= 11 is 1.46. The van der Waals surface area contributed by atoms with E-state index in [2.05, 4.69) is 15.0 Å². The van der Waals surface area contributed by atoms with Crippen LogP contribution in [0.15, 0.2) is 47.6 Å². The number of hydrogen-bond acceptors (Lipinski definition) is 4. The molecule has 0 radical (unpaired) electrons. The third kappa shape index (κ3) is 3.59. The van der Waals surface area contributed by atoms with Crippen molar-refractivity contribution < 1.29 is 4.79 Å². The Bertz CT molecular complexity index is 791. The minimum absolute atomic E-state index is 0.146. The zero-order valence-electron chi connectivity index (χ0n) is 13.8. The summed E-state index contributed by atoms with van der Waals surface area (Å²) in [4.78, 5) is 26.2. The van der Waals surface area contributed by atoms with E-state index in [4.69, 9.17) is 0 Å². The van der Waals surface area contributed by atoms with Crippen molar-refractivity contribution >= 4 is 28.7 Å². The maximum absolute atomic E-state index is 12.0. The Morgan fingerprint density at radius 3 is 2.62 bits per heavy atom. The van der Waals surface area contributed by atoms with Crippen LogP contribution in [-0.2, 0) is 4.79 Å². The monoisotopic (exact) mass is 340 g/mol. The summed E-state index contributed by atoms with van der Waals surface area (Å²) in [6.45, 7) is 5.47. The van der Waals surface area contributed by atoms with Crippen molar-refractivity contribution in [2.75, 3.05) is 18.8 Å². The van der Waals surface area contributed by atoms with Crippen LogP contribution in [0, 0.1) is 0 Å². The van der Waals surface area contributed by atoms with Gasteiger partial charge in [-0.05, 0) is 38.1 Å². The van der Waals surface area contributed by atoms with Gasteiger partial charge in [0.05, 0.1) is 21.8 Å². The molecule has 3 rings (SSSR count). The van der Waals surface area contributed by atoms with Gasteiger partial charge in [-0.2, -0.15) is 0 Å². The minimum Gasteiger partial charge on any atom is -0.343 e. The Kier molecular flexibility index (Phi) is 5.15. The highest BCUT2D eigenvalue weighted by Gasteiger charge is 2.11. The number of pyridine rings is 1. The molecule has 124 valence electrons. The number of thioether (sulfide) groups is 1. The predicted octanol–water partition coefficient (Wildman–Crippen LogP) is 3.59. The number of nitrogens with zero attached hydrogens (tertiary/aromatic N) is 3. The van der Waals surface area contributed by atoms with E-state index in [1.54, 1.807) is 6.20 Å². The summed E-state index contributed by atoms with van der Waals surface area (Å²) in [6, 6.07) is 11.8. The summed E-state index contributed by atoms with van der Waals surface area (Å²) in [7, 11) is 0. The summed E-state index contributed by atoms with van der Waals surface area (Å²) < 4.78 is 0. The first-order valence-corrected chi connectivity index (χ1v) is 9.01. The molecule has 2 heterocycles. The zero-order valence-corrected chi connectivity index (χ0v) is 14.6. The van der Waals surface area contributed by atoms with Gasteiger partial charge < -0.3 is 9.88 Å². The molecule has 3 aromatic rings. The van der Waals surface area contributed by atoms with E-state index in [9.17, 15) is 4.79 Å². The molecule has 0 aliphatic heterocycles. The predicted molar refractivity (Wildman–Crippen MR) is 98.0 cm³/mol. The van der Waals surface area contributed by atoms with Crippen molar-refractivity contribution in [3.8, 4) is 11.4 Å². The van der Waals surface area contributed by atoms with Crippen LogP contribution in [0.3, 0.4) is 0 Å². The topological polar surface area (TPSA) is 61.9 Å². The highest BCUT2D eigenvalue weighted by Crippen LogP contribution is 2.22. The number of nitrogens with one attached hydrogen (secondary N) is 1. The number of aromatic amines is 1. The molecular formula is C18H20N4OS. The molecule has 2 aromatic heterocycles. The van der Waals surface area contributed by atoms with Gasteiger partial charge in [-0.15, -0.1) is 0 Å². The fourth-order valence-electron chi connectivity index (χ4n) is 2.50. The van der Waals surface area contributed by atoms with E-state index >= 15 is 0 Å².